The molecule has 1 fully saturated rings. The van der Waals surface area contributed by atoms with Crippen molar-refractivity contribution in [2.75, 3.05) is 24.9 Å². The monoisotopic (exact) mass is 618 g/mol. The molecule has 224 valence electrons. The molecular weight excluding hydrogens is 589 g/mol. The Kier molecular flexibility index (Phi) is 9.46. The summed E-state index contributed by atoms with van der Waals surface area (Å²) in [5.74, 6) is -1.05. The number of benzene rings is 1. The van der Waals surface area contributed by atoms with E-state index in [9.17, 15) is 18.9 Å². The van der Waals surface area contributed by atoms with Crippen molar-refractivity contribution in [3.8, 4) is 5.75 Å². The zero-order chi connectivity index (χ0) is 29.9. The lowest BCUT2D eigenvalue weighted by atomic mass is 9.99. The Bertz CT molecular complexity index is 1420. The molecule has 4 rings (SSSR count). The molecule has 1 aliphatic heterocycles. The van der Waals surface area contributed by atoms with Gasteiger partial charge < -0.3 is 24.4 Å². The third-order valence-electron chi connectivity index (χ3n) is 6.10. The van der Waals surface area contributed by atoms with Gasteiger partial charge >= 0.3 is 19.8 Å². The summed E-state index contributed by atoms with van der Waals surface area (Å²) in [6, 6.07) is 6.82. The molecule has 6 atom stereocenters. The van der Waals surface area contributed by atoms with Crippen molar-refractivity contribution >= 4 is 42.3 Å². The molecule has 3 heterocycles. The minimum Gasteiger partial charge on any atom is -0.462 e. The van der Waals surface area contributed by atoms with Crippen molar-refractivity contribution in [2.24, 2.45) is 0 Å². The molecule has 0 amide bonds. The minimum atomic E-state index is -4.41. The molecule has 3 N–H and O–H groups in total. The molecule has 13 nitrogen and oxygen atoms in total. The molecule has 1 saturated heterocycles. The lowest BCUT2D eigenvalue weighted by Gasteiger charge is -2.31. The summed E-state index contributed by atoms with van der Waals surface area (Å²) in [5.41, 5.74) is -1.94. The molecule has 0 aliphatic carbocycles. The number of aliphatic hydroxyl groups is 1. The van der Waals surface area contributed by atoms with Gasteiger partial charge in [-0.1, -0.05) is 18.2 Å². The maximum atomic E-state index is 15.6. The van der Waals surface area contributed by atoms with Gasteiger partial charge in [0.05, 0.1) is 24.9 Å². The third kappa shape index (κ3) is 6.60. The molecule has 0 bridgehead atoms. The van der Waals surface area contributed by atoms with Crippen LogP contribution in [0.25, 0.3) is 11.2 Å². The van der Waals surface area contributed by atoms with Crippen LogP contribution >= 0.6 is 19.3 Å². The molecule has 2 aromatic heterocycles. The Balaban J connectivity index is 1.61. The molecule has 17 heteroatoms. The number of nitrogens with one attached hydrogen (secondary N) is 2. The van der Waals surface area contributed by atoms with Gasteiger partial charge in [0.25, 0.3) is 0 Å². The van der Waals surface area contributed by atoms with Gasteiger partial charge in [-0.15, -0.1) is 11.6 Å². The van der Waals surface area contributed by atoms with Crippen LogP contribution < -0.4 is 14.9 Å². The smallest absolute Gasteiger partial charge is 0.459 e. The van der Waals surface area contributed by atoms with E-state index in [2.05, 4.69) is 25.4 Å². The lowest BCUT2D eigenvalue weighted by molar-refractivity contribution is -0.149. The number of fused-ring (bicyclic) bond motifs is 1. The number of rotatable bonds is 12. The van der Waals surface area contributed by atoms with Crippen molar-refractivity contribution < 1.29 is 41.8 Å². The van der Waals surface area contributed by atoms with Gasteiger partial charge in [0, 0.05) is 7.05 Å². The van der Waals surface area contributed by atoms with Crippen molar-refractivity contribution in [3.05, 3.63) is 42.7 Å². The molecule has 0 unspecified atom stereocenters. The second-order valence-electron chi connectivity index (χ2n) is 9.52. The summed E-state index contributed by atoms with van der Waals surface area (Å²) in [6.45, 7) is 3.95. The Hall–Kier alpha value is -2.94. The van der Waals surface area contributed by atoms with Crippen LogP contribution in [0.1, 0.15) is 27.0 Å². The van der Waals surface area contributed by atoms with E-state index in [1.54, 1.807) is 32.0 Å². The predicted molar refractivity (Wildman–Crippen MR) is 144 cm³/mol. The number of alkyl halides is 2. The van der Waals surface area contributed by atoms with Gasteiger partial charge in [0.1, 0.15) is 23.5 Å². The van der Waals surface area contributed by atoms with Gasteiger partial charge in [-0.25, -0.2) is 13.9 Å². The standard InChI is InChI=1S/C24H30ClF2N6O7P/c1-13(2)38-22(35)14(3)32-41(36,40-15-8-6-5-7-9-15)37-11-24(10-25)18(34)16(26)21(39-24)33-12-29-17-19(28-4)30-23(27)31-20(17)33/h5-9,12-14,16,18,21,34H,10-11H2,1-4H3,(H,32,36)(H,28,30,31)/t14-,16-,18-,21+,24+,41-/m0/s1. The van der Waals surface area contributed by atoms with Gasteiger partial charge in [0.2, 0.25) is 0 Å². The second kappa shape index (κ2) is 12.5. The molecule has 3 aromatic rings. The number of hydrogen-bond donors (Lipinski definition) is 3. The van der Waals surface area contributed by atoms with E-state index in [1.165, 1.54) is 26.1 Å². The number of aromatic nitrogens is 4. The summed E-state index contributed by atoms with van der Waals surface area (Å²) >= 11 is 6.17. The summed E-state index contributed by atoms with van der Waals surface area (Å²) in [5, 5.41) is 16.1. The van der Waals surface area contributed by atoms with E-state index in [0.29, 0.717) is 0 Å². The average molecular weight is 619 g/mol. The Morgan fingerprint density at radius 1 is 1.29 bits per heavy atom. The molecule has 0 radical (unpaired) electrons. The maximum absolute atomic E-state index is 15.6. The van der Waals surface area contributed by atoms with Gasteiger partial charge in [0.15, 0.2) is 29.4 Å². The molecular formula is C24H30ClF2N6O7P. The van der Waals surface area contributed by atoms with Crippen molar-refractivity contribution in [3.63, 3.8) is 0 Å². The highest BCUT2D eigenvalue weighted by Crippen LogP contribution is 2.49. The SMILES string of the molecule is CNc1nc(F)nc2c1ncn2[C@@H]1O[C@](CCl)(CO[P@@](=O)(N[C@@H](C)C(=O)OC(C)C)Oc2ccccc2)[C@@H](O)[C@@H]1F. The number of carbonyl (C=O) groups excluding carboxylic acids is 1. The highest BCUT2D eigenvalue weighted by Gasteiger charge is 2.57. The quantitative estimate of drug-likeness (QED) is 0.118. The largest absolute Gasteiger partial charge is 0.462 e. The number of para-hydroxylation sites is 1. The van der Waals surface area contributed by atoms with Crippen LogP contribution in [-0.2, 0) is 23.4 Å². The number of hydrogen-bond acceptors (Lipinski definition) is 11. The number of aliphatic hydroxyl groups excluding tert-OH is 1. The van der Waals surface area contributed by atoms with Gasteiger partial charge in [-0.05, 0) is 32.9 Å². The van der Waals surface area contributed by atoms with Crippen LogP contribution in [-0.4, -0.2) is 80.2 Å². The number of ether oxygens (including phenoxy) is 2. The van der Waals surface area contributed by atoms with E-state index >= 15 is 4.39 Å². The normalized spacial score (nSPS) is 24.8. The predicted octanol–water partition coefficient (Wildman–Crippen LogP) is 3.35. The van der Waals surface area contributed by atoms with Crippen molar-refractivity contribution in [1.29, 1.82) is 0 Å². The molecule has 0 spiro atoms. The van der Waals surface area contributed by atoms with E-state index in [0.717, 1.165) is 10.9 Å². The first kappa shape index (κ1) is 31.0. The highest BCUT2D eigenvalue weighted by atomic mass is 35.5. The summed E-state index contributed by atoms with van der Waals surface area (Å²) < 4.78 is 66.8. The first-order chi connectivity index (χ1) is 19.4. The van der Waals surface area contributed by atoms with E-state index in [1.807, 2.05) is 0 Å². The molecule has 1 aromatic carbocycles. The number of anilines is 1. The van der Waals surface area contributed by atoms with Crippen LogP contribution in [0.3, 0.4) is 0 Å². The zero-order valence-electron chi connectivity index (χ0n) is 22.5. The fourth-order valence-electron chi connectivity index (χ4n) is 4.08. The molecule has 0 saturated carbocycles. The van der Waals surface area contributed by atoms with E-state index in [-0.39, 0.29) is 22.7 Å². The Morgan fingerprint density at radius 2 is 2.00 bits per heavy atom. The van der Waals surface area contributed by atoms with Crippen molar-refractivity contribution in [1.82, 2.24) is 24.6 Å². The fourth-order valence-corrected chi connectivity index (χ4v) is 5.92. The zero-order valence-corrected chi connectivity index (χ0v) is 24.2. The fraction of sp³-hybridized carbons (Fsp3) is 0.500. The van der Waals surface area contributed by atoms with E-state index in [4.69, 9.17) is 30.1 Å². The van der Waals surface area contributed by atoms with Crippen LogP contribution in [0, 0.1) is 6.08 Å². The van der Waals surface area contributed by atoms with Gasteiger partial charge in [-0.3, -0.25) is 13.9 Å². The second-order valence-corrected chi connectivity index (χ2v) is 11.5. The van der Waals surface area contributed by atoms with Crippen LogP contribution in [0.5, 0.6) is 5.75 Å². The number of halogens is 3. The average Bonchev–Trinajstić information content (AvgIpc) is 3.46. The first-order valence-corrected chi connectivity index (χ1v) is 14.6. The highest BCUT2D eigenvalue weighted by molar-refractivity contribution is 7.52. The van der Waals surface area contributed by atoms with Crippen LogP contribution in [0.2, 0.25) is 0 Å². The van der Waals surface area contributed by atoms with Crippen LogP contribution in [0.15, 0.2) is 36.7 Å². The Labute approximate surface area is 239 Å². The van der Waals surface area contributed by atoms with Gasteiger partial charge in [-0.2, -0.15) is 19.4 Å². The lowest BCUT2D eigenvalue weighted by Crippen LogP contribution is -2.48. The van der Waals surface area contributed by atoms with E-state index < -0.39 is 68.5 Å². The van der Waals surface area contributed by atoms with Crippen molar-refractivity contribution in [2.45, 2.75) is 57.0 Å². The maximum Gasteiger partial charge on any atom is 0.459 e. The Morgan fingerprint density at radius 3 is 2.63 bits per heavy atom. The number of imidazole rings is 1. The minimum absolute atomic E-state index is 0.0577. The number of carbonyl (C=O) groups is 1. The topological polar surface area (TPSA) is 159 Å². The number of esters is 1. The third-order valence-corrected chi connectivity index (χ3v) is 8.18. The molecule has 41 heavy (non-hydrogen) atoms. The summed E-state index contributed by atoms with van der Waals surface area (Å²) in [4.78, 5) is 23.8. The number of nitrogens with zero attached hydrogens (tertiary/aromatic N) is 4. The summed E-state index contributed by atoms with van der Waals surface area (Å²) in [6.07, 6.45) is -5.97. The summed E-state index contributed by atoms with van der Waals surface area (Å²) in [7, 11) is -2.91. The molecule has 1 aliphatic rings. The van der Waals surface area contributed by atoms with Crippen LogP contribution in [0.4, 0.5) is 14.6 Å². The first-order valence-electron chi connectivity index (χ1n) is 12.5.